The van der Waals surface area contributed by atoms with Crippen LogP contribution in [0.5, 0.6) is 0 Å². The summed E-state index contributed by atoms with van der Waals surface area (Å²) in [7, 11) is 0. The molecule has 0 aromatic heterocycles. The second-order valence-corrected chi connectivity index (χ2v) is 4.23. The first-order chi connectivity index (χ1) is 6.54. The van der Waals surface area contributed by atoms with E-state index in [1.807, 2.05) is 0 Å². The topological polar surface area (TPSA) is 98.0 Å². The average Bonchev–Trinajstić information content (AvgIpc) is 2.56. The van der Waals surface area contributed by atoms with E-state index in [2.05, 4.69) is 0 Å². The van der Waals surface area contributed by atoms with Gasteiger partial charge in [-0.2, -0.15) is 0 Å². The van der Waals surface area contributed by atoms with Gasteiger partial charge in [-0.3, -0.25) is 4.79 Å². The normalized spacial score (nSPS) is 51.9. The van der Waals surface area contributed by atoms with Crippen LogP contribution in [0.4, 0.5) is 0 Å². The van der Waals surface area contributed by atoms with Crippen LogP contribution in [0.3, 0.4) is 0 Å². The van der Waals surface area contributed by atoms with E-state index in [0.717, 1.165) is 0 Å². The minimum atomic E-state index is -1.24. The molecule has 2 unspecified atom stereocenters. The van der Waals surface area contributed by atoms with E-state index in [-0.39, 0.29) is 5.92 Å². The monoisotopic (exact) mass is 202 g/mol. The second kappa shape index (κ2) is 3.18. The van der Waals surface area contributed by atoms with E-state index in [0.29, 0.717) is 12.8 Å². The highest BCUT2D eigenvalue weighted by molar-refractivity contribution is 5.72. The van der Waals surface area contributed by atoms with Crippen LogP contribution in [0.15, 0.2) is 0 Å². The lowest BCUT2D eigenvalue weighted by Crippen LogP contribution is -2.34. The summed E-state index contributed by atoms with van der Waals surface area (Å²) in [4.78, 5) is 10.9. The van der Waals surface area contributed by atoms with E-state index in [4.69, 9.17) is 5.11 Å². The molecule has 0 bridgehead atoms. The highest BCUT2D eigenvalue weighted by Gasteiger charge is 2.57. The van der Waals surface area contributed by atoms with Crippen LogP contribution in [0.2, 0.25) is 0 Å². The number of carbonyl (C=O) groups is 1. The zero-order valence-electron chi connectivity index (χ0n) is 7.58. The third kappa shape index (κ3) is 1.16. The van der Waals surface area contributed by atoms with Crippen molar-refractivity contribution in [2.45, 2.75) is 31.2 Å². The van der Waals surface area contributed by atoms with Gasteiger partial charge in [0, 0.05) is 5.92 Å². The summed E-state index contributed by atoms with van der Waals surface area (Å²) in [6.45, 7) is 0. The molecule has 5 nitrogen and oxygen atoms in total. The van der Waals surface area contributed by atoms with Gasteiger partial charge in [0.15, 0.2) is 0 Å². The lowest BCUT2D eigenvalue weighted by molar-refractivity contribution is -0.147. The summed E-state index contributed by atoms with van der Waals surface area (Å²) in [5.74, 6) is -2.76. The van der Waals surface area contributed by atoms with Gasteiger partial charge in [0.05, 0.1) is 24.2 Å². The van der Waals surface area contributed by atoms with Crippen molar-refractivity contribution in [1.82, 2.24) is 0 Å². The minimum Gasteiger partial charge on any atom is -0.481 e. The van der Waals surface area contributed by atoms with Crippen molar-refractivity contribution in [2.24, 2.45) is 17.8 Å². The third-order valence-electron chi connectivity index (χ3n) is 3.59. The number of aliphatic hydroxyl groups excluding tert-OH is 3. The van der Waals surface area contributed by atoms with Gasteiger partial charge in [-0.05, 0) is 18.8 Å². The summed E-state index contributed by atoms with van der Waals surface area (Å²) in [5, 5.41) is 37.5. The molecule has 0 aromatic carbocycles. The van der Waals surface area contributed by atoms with Gasteiger partial charge in [-0.1, -0.05) is 0 Å². The van der Waals surface area contributed by atoms with Gasteiger partial charge in [-0.25, -0.2) is 0 Å². The summed E-state index contributed by atoms with van der Waals surface area (Å²) in [5.41, 5.74) is 0. The van der Waals surface area contributed by atoms with Crippen molar-refractivity contribution in [3.63, 3.8) is 0 Å². The Morgan fingerprint density at radius 2 is 1.71 bits per heavy atom. The highest BCUT2D eigenvalue weighted by atomic mass is 16.4. The number of fused-ring (bicyclic) bond motifs is 1. The third-order valence-corrected chi connectivity index (χ3v) is 3.59. The molecule has 2 saturated carbocycles. The number of carboxylic acid groups (broad SMARTS) is 1. The Bertz CT molecular complexity index is 254. The number of carboxylic acids is 1. The van der Waals surface area contributed by atoms with E-state index in [1.54, 1.807) is 0 Å². The van der Waals surface area contributed by atoms with Crippen LogP contribution in [0.1, 0.15) is 12.8 Å². The lowest BCUT2D eigenvalue weighted by Gasteiger charge is -2.18. The Morgan fingerprint density at radius 1 is 1.07 bits per heavy atom. The summed E-state index contributed by atoms with van der Waals surface area (Å²) in [6, 6.07) is 0. The van der Waals surface area contributed by atoms with Crippen LogP contribution >= 0.6 is 0 Å². The quantitative estimate of drug-likeness (QED) is 0.428. The highest BCUT2D eigenvalue weighted by Crippen LogP contribution is 2.47. The summed E-state index contributed by atoms with van der Waals surface area (Å²) >= 11 is 0. The van der Waals surface area contributed by atoms with Crippen LogP contribution in [0, 0.1) is 17.8 Å². The average molecular weight is 202 g/mol. The molecule has 14 heavy (non-hydrogen) atoms. The number of rotatable bonds is 1. The molecule has 0 radical (unpaired) electrons. The molecule has 0 amide bonds. The fourth-order valence-electron chi connectivity index (χ4n) is 2.96. The van der Waals surface area contributed by atoms with Crippen LogP contribution in [0.25, 0.3) is 0 Å². The Morgan fingerprint density at radius 3 is 2.29 bits per heavy atom. The number of hydrogen-bond acceptors (Lipinski definition) is 4. The first kappa shape index (κ1) is 9.89. The van der Waals surface area contributed by atoms with E-state index in [9.17, 15) is 20.1 Å². The zero-order chi connectivity index (χ0) is 10.5. The summed E-state index contributed by atoms with van der Waals surface area (Å²) in [6.07, 6.45) is -1.93. The lowest BCUT2D eigenvalue weighted by atomic mass is 9.91. The maximum absolute atomic E-state index is 10.9. The Hall–Kier alpha value is -0.650. The van der Waals surface area contributed by atoms with Gasteiger partial charge >= 0.3 is 5.97 Å². The molecule has 80 valence electrons. The van der Waals surface area contributed by atoms with Crippen LogP contribution in [-0.2, 0) is 4.79 Å². The van der Waals surface area contributed by atoms with E-state index >= 15 is 0 Å². The van der Waals surface area contributed by atoms with Gasteiger partial charge in [0.25, 0.3) is 0 Å². The predicted molar refractivity (Wildman–Crippen MR) is 45.4 cm³/mol. The fraction of sp³-hybridized carbons (Fsp3) is 0.889. The van der Waals surface area contributed by atoms with E-state index in [1.165, 1.54) is 0 Å². The van der Waals surface area contributed by atoms with Crippen molar-refractivity contribution in [3.05, 3.63) is 0 Å². The van der Waals surface area contributed by atoms with Crippen molar-refractivity contribution in [1.29, 1.82) is 0 Å². The van der Waals surface area contributed by atoms with Crippen LogP contribution < -0.4 is 0 Å². The molecule has 0 saturated heterocycles. The first-order valence-corrected chi connectivity index (χ1v) is 4.81. The Kier molecular flexibility index (Phi) is 2.25. The molecule has 2 aliphatic rings. The minimum absolute atomic E-state index is 0.285. The molecule has 0 aromatic rings. The molecular formula is C9H14O5. The Labute approximate surface area is 81.0 Å². The van der Waals surface area contributed by atoms with E-state index < -0.39 is 36.1 Å². The Balaban J connectivity index is 2.26. The standard InChI is InChI=1S/C9H14O5/c10-4-2-1-3-5(4)7(11)8(12)6(3)9(13)14/h3-8,10-12H,1-2H2,(H,13,14)/t3?,4?,5-,6+,7-,8-/m1/s1. The molecule has 0 heterocycles. The molecule has 6 atom stereocenters. The molecule has 2 rings (SSSR count). The largest absolute Gasteiger partial charge is 0.481 e. The molecule has 5 heteroatoms. The first-order valence-electron chi connectivity index (χ1n) is 4.81. The maximum Gasteiger partial charge on any atom is 0.309 e. The van der Waals surface area contributed by atoms with Gasteiger partial charge in [-0.15, -0.1) is 0 Å². The van der Waals surface area contributed by atoms with Crippen LogP contribution in [-0.4, -0.2) is 44.7 Å². The van der Waals surface area contributed by atoms with Crippen molar-refractivity contribution < 1.29 is 25.2 Å². The predicted octanol–water partition coefficient (Wildman–Crippen LogP) is -1.19. The molecule has 0 spiro atoms. The number of aliphatic carboxylic acids is 1. The number of hydrogen-bond donors (Lipinski definition) is 4. The maximum atomic E-state index is 10.9. The van der Waals surface area contributed by atoms with Crippen molar-refractivity contribution in [3.8, 4) is 0 Å². The number of aliphatic hydroxyl groups is 3. The van der Waals surface area contributed by atoms with Gasteiger partial charge in [0.2, 0.25) is 0 Å². The molecule has 2 fully saturated rings. The molecule has 4 N–H and O–H groups in total. The molecular weight excluding hydrogens is 188 g/mol. The molecule has 0 aliphatic heterocycles. The van der Waals surface area contributed by atoms with Crippen molar-refractivity contribution in [2.75, 3.05) is 0 Å². The zero-order valence-corrected chi connectivity index (χ0v) is 7.58. The summed E-state index contributed by atoms with van der Waals surface area (Å²) < 4.78 is 0. The van der Waals surface area contributed by atoms with Gasteiger partial charge < -0.3 is 20.4 Å². The smallest absolute Gasteiger partial charge is 0.309 e. The van der Waals surface area contributed by atoms with Gasteiger partial charge in [0.1, 0.15) is 0 Å². The fourth-order valence-corrected chi connectivity index (χ4v) is 2.96. The molecule has 2 aliphatic carbocycles. The SMILES string of the molecule is O=C(O)[C@H]1C2CCC(O)[C@@H]2[C@@H](O)[C@@H]1O. The second-order valence-electron chi connectivity index (χ2n) is 4.23. The van der Waals surface area contributed by atoms with Crippen molar-refractivity contribution >= 4 is 5.97 Å².